The molecular weight excluding hydrogens is 260 g/mol. The fourth-order valence-corrected chi connectivity index (χ4v) is 2.89. The Balaban J connectivity index is 1.85. The Morgan fingerprint density at radius 1 is 1.38 bits per heavy atom. The first-order chi connectivity index (χ1) is 10.2. The van der Waals surface area contributed by atoms with Gasteiger partial charge in [-0.2, -0.15) is 0 Å². The molecule has 1 aromatic carbocycles. The van der Waals surface area contributed by atoms with E-state index in [9.17, 15) is 0 Å². The number of piperidine rings is 1. The van der Waals surface area contributed by atoms with Gasteiger partial charge in [0.15, 0.2) is 0 Å². The maximum absolute atomic E-state index is 5.85. The number of likely N-dealkylation sites (tertiary alicyclic amines) is 1. The summed E-state index contributed by atoms with van der Waals surface area (Å²) in [7, 11) is 0. The van der Waals surface area contributed by atoms with Crippen molar-refractivity contribution in [2.24, 2.45) is 17.6 Å². The third-order valence-corrected chi connectivity index (χ3v) is 4.21. The van der Waals surface area contributed by atoms with E-state index in [0.717, 1.165) is 38.4 Å². The van der Waals surface area contributed by atoms with Gasteiger partial charge in [-0.05, 0) is 61.9 Å². The predicted molar refractivity (Wildman–Crippen MR) is 88.4 cm³/mol. The van der Waals surface area contributed by atoms with Crippen LogP contribution in [0, 0.1) is 11.8 Å². The van der Waals surface area contributed by atoms with Crippen molar-refractivity contribution >= 4 is 0 Å². The van der Waals surface area contributed by atoms with Crippen LogP contribution in [-0.2, 0) is 6.54 Å². The molecule has 0 spiro atoms. The smallest absolute Gasteiger partial charge is 0.119 e. The normalized spacial score (nSPS) is 19.9. The molecular formula is C18H30N2O. The molecule has 2 N–H and O–H groups in total. The molecule has 1 saturated heterocycles. The van der Waals surface area contributed by atoms with Gasteiger partial charge in [-0.25, -0.2) is 0 Å². The summed E-state index contributed by atoms with van der Waals surface area (Å²) < 4.78 is 5.85. The van der Waals surface area contributed by atoms with Crippen LogP contribution in [-0.4, -0.2) is 31.1 Å². The van der Waals surface area contributed by atoms with E-state index in [-0.39, 0.29) is 0 Å². The number of benzene rings is 1. The van der Waals surface area contributed by atoms with Crippen LogP contribution in [0.15, 0.2) is 24.3 Å². The fraction of sp³-hybridized carbons (Fsp3) is 0.667. The summed E-state index contributed by atoms with van der Waals surface area (Å²) in [5, 5.41) is 0. The van der Waals surface area contributed by atoms with E-state index < -0.39 is 0 Å². The van der Waals surface area contributed by atoms with E-state index in [1.165, 1.54) is 24.9 Å². The van der Waals surface area contributed by atoms with Crippen molar-refractivity contribution in [2.75, 3.05) is 26.2 Å². The third kappa shape index (κ3) is 5.68. The van der Waals surface area contributed by atoms with Gasteiger partial charge in [0.2, 0.25) is 0 Å². The van der Waals surface area contributed by atoms with Crippen molar-refractivity contribution in [1.82, 2.24) is 4.90 Å². The topological polar surface area (TPSA) is 38.5 Å². The van der Waals surface area contributed by atoms with Crippen LogP contribution in [0.4, 0.5) is 0 Å². The first-order valence-corrected chi connectivity index (χ1v) is 8.31. The van der Waals surface area contributed by atoms with Crippen molar-refractivity contribution in [1.29, 1.82) is 0 Å². The van der Waals surface area contributed by atoms with E-state index in [1.54, 1.807) is 0 Å². The van der Waals surface area contributed by atoms with Crippen molar-refractivity contribution in [3.63, 3.8) is 0 Å². The average Bonchev–Trinajstić information content (AvgIpc) is 2.47. The molecule has 0 bridgehead atoms. The Morgan fingerprint density at radius 3 is 3.00 bits per heavy atom. The third-order valence-electron chi connectivity index (χ3n) is 4.21. The lowest BCUT2D eigenvalue weighted by Gasteiger charge is -2.32. The highest BCUT2D eigenvalue weighted by molar-refractivity contribution is 5.28. The summed E-state index contributed by atoms with van der Waals surface area (Å²) in [5.41, 5.74) is 7.16. The molecule has 1 aromatic rings. The van der Waals surface area contributed by atoms with Gasteiger partial charge >= 0.3 is 0 Å². The van der Waals surface area contributed by atoms with Crippen LogP contribution in [0.1, 0.15) is 38.7 Å². The highest BCUT2D eigenvalue weighted by atomic mass is 16.5. The van der Waals surface area contributed by atoms with Gasteiger partial charge in [-0.15, -0.1) is 0 Å². The van der Waals surface area contributed by atoms with Crippen molar-refractivity contribution in [2.45, 2.75) is 39.7 Å². The van der Waals surface area contributed by atoms with Gasteiger partial charge in [0.05, 0.1) is 6.61 Å². The predicted octanol–water partition coefficient (Wildman–Crippen LogP) is 3.28. The number of rotatable bonds is 7. The molecule has 0 radical (unpaired) electrons. The molecule has 3 heteroatoms. The van der Waals surface area contributed by atoms with Crippen LogP contribution in [0.3, 0.4) is 0 Å². The zero-order chi connectivity index (χ0) is 15.1. The summed E-state index contributed by atoms with van der Waals surface area (Å²) in [5.74, 6) is 2.36. The lowest BCUT2D eigenvalue weighted by molar-refractivity contribution is 0.171. The standard InChI is InChI=1S/C18H30N2O/c1-15(2)8-10-21-18-7-3-5-16(11-18)13-20-9-4-6-17(12-19)14-20/h3,5,7,11,15,17H,4,6,8-10,12-14,19H2,1-2H3. The zero-order valence-electron chi connectivity index (χ0n) is 13.6. The molecule has 2 rings (SSSR count). The van der Waals surface area contributed by atoms with E-state index in [4.69, 9.17) is 10.5 Å². The molecule has 1 unspecified atom stereocenters. The van der Waals surface area contributed by atoms with Gasteiger partial charge in [0.25, 0.3) is 0 Å². The SMILES string of the molecule is CC(C)CCOc1cccc(CN2CCCC(CN)C2)c1. The Labute approximate surface area is 129 Å². The quantitative estimate of drug-likeness (QED) is 0.837. The van der Waals surface area contributed by atoms with Crippen molar-refractivity contribution < 1.29 is 4.74 Å². The number of ether oxygens (including phenoxy) is 1. The molecule has 1 heterocycles. The summed E-state index contributed by atoms with van der Waals surface area (Å²) in [6, 6.07) is 8.54. The van der Waals surface area contributed by atoms with Crippen LogP contribution in [0.25, 0.3) is 0 Å². The number of hydrogen-bond donors (Lipinski definition) is 1. The maximum Gasteiger partial charge on any atom is 0.119 e. The maximum atomic E-state index is 5.85. The molecule has 0 aromatic heterocycles. The van der Waals surface area contributed by atoms with Crippen LogP contribution < -0.4 is 10.5 Å². The van der Waals surface area contributed by atoms with E-state index in [2.05, 4.69) is 43.0 Å². The molecule has 0 saturated carbocycles. The minimum Gasteiger partial charge on any atom is -0.494 e. The van der Waals surface area contributed by atoms with Gasteiger partial charge in [0.1, 0.15) is 5.75 Å². The average molecular weight is 290 g/mol. The number of nitrogens with two attached hydrogens (primary N) is 1. The van der Waals surface area contributed by atoms with Gasteiger partial charge in [-0.1, -0.05) is 26.0 Å². The summed E-state index contributed by atoms with van der Waals surface area (Å²) in [4.78, 5) is 2.52. The molecule has 3 nitrogen and oxygen atoms in total. The summed E-state index contributed by atoms with van der Waals surface area (Å²) >= 11 is 0. The Kier molecular flexibility index (Phi) is 6.52. The number of hydrogen-bond acceptors (Lipinski definition) is 3. The first kappa shape index (κ1) is 16.3. The summed E-state index contributed by atoms with van der Waals surface area (Å²) in [6.45, 7) is 9.41. The largest absolute Gasteiger partial charge is 0.494 e. The second-order valence-electron chi connectivity index (χ2n) is 6.66. The van der Waals surface area contributed by atoms with Crippen LogP contribution >= 0.6 is 0 Å². The molecule has 0 aliphatic carbocycles. The van der Waals surface area contributed by atoms with Crippen molar-refractivity contribution in [3.05, 3.63) is 29.8 Å². The minimum absolute atomic E-state index is 0.671. The Morgan fingerprint density at radius 2 is 2.24 bits per heavy atom. The van der Waals surface area contributed by atoms with E-state index in [1.807, 2.05) is 0 Å². The monoisotopic (exact) mass is 290 g/mol. The lowest BCUT2D eigenvalue weighted by Crippen LogP contribution is -2.37. The zero-order valence-corrected chi connectivity index (χ0v) is 13.6. The molecule has 0 amide bonds. The van der Waals surface area contributed by atoms with Crippen LogP contribution in [0.2, 0.25) is 0 Å². The lowest BCUT2D eigenvalue weighted by atomic mass is 9.98. The first-order valence-electron chi connectivity index (χ1n) is 8.31. The van der Waals surface area contributed by atoms with E-state index >= 15 is 0 Å². The fourth-order valence-electron chi connectivity index (χ4n) is 2.89. The summed E-state index contributed by atoms with van der Waals surface area (Å²) in [6.07, 6.45) is 3.66. The molecule has 1 fully saturated rings. The Hall–Kier alpha value is -1.06. The molecule has 1 aliphatic heterocycles. The molecule has 21 heavy (non-hydrogen) atoms. The minimum atomic E-state index is 0.671. The van der Waals surface area contributed by atoms with Gasteiger partial charge in [0, 0.05) is 13.1 Å². The number of nitrogens with zero attached hydrogens (tertiary/aromatic N) is 1. The second-order valence-corrected chi connectivity index (χ2v) is 6.66. The molecule has 118 valence electrons. The second kappa shape index (κ2) is 8.40. The van der Waals surface area contributed by atoms with Gasteiger partial charge < -0.3 is 10.5 Å². The highest BCUT2D eigenvalue weighted by Crippen LogP contribution is 2.20. The molecule has 1 aliphatic rings. The highest BCUT2D eigenvalue weighted by Gasteiger charge is 2.18. The molecule has 1 atom stereocenters. The van der Waals surface area contributed by atoms with Crippen LogP contribution in [0.5, 0.6) is 5.75 Å². The van der Waals surface area contributed by atoms with Gasteiger partial charge in [-0.3, -0.25) is 4.90 Å². The Bertz CT molecular complexity index is 419. The van der Waals surface area contributed by atoms with E-state index in [0.29, 0.717) is 11.8 Å². The van der Waals surface area contributed by atoms with Crippen molar-refractivity contribution in [3.8, 4) is 5.75 Å².